The minimum Gasteiger partial charge on any atom is -0.343 e. The second-order valence-electron chi connectivity index (χ2n) is 2.03. The third-order valence-corrected chi connectivity index (χ3v) is 0.958. The highest BCUT2D eigenvalue weighted by molar-refractivity contribution is 5.94. The molecule has 0 bridgehead atoms. The molecule has 0 aliphatic carbocycles. The summed E-state index contributed by atoms with van der Waals surface area (Å²) in [6, 6.07) is 0. The van der Waals surface area contributed by atoms with Gasteiger partial charge in [-0.3, -0.25) is 15.0 Å². The summed E-state index contributed by atoms with van der Waals surface area (Å²) in [5, 5.41) is 2.30. The van der Waals surface area contributed by atoms with Crippen molar-refractivity contribution < 1.29 is 9.59 Å². The predicted molar refractivity (Wildman–Crippen MR) is 47.4 cm³/mol. The van der Waals surface area contributed by atoms with Crippen LogP contribution in [0.4, 0.5) is 0 Å². The van der Waals surface area contributed by atoms with Crippen LogP contribution in [0.25, 0.3) is 0 Å². The van der Waals surface area contributed by atoms with Gasteiger partial charge in [-0.05, 0) is 6.92 Å². The lowest BCUT2D eigenvalue weighted by molar-refractivity contribution is -0.124. The van der Waals surface area contributed by atoms with Crippen molar-refractivity contribution in [1.29, 1.82) is 0 Å². The van der Waals surface area contributed by atoms with Crippen LogP contribution >= 0.6 is 12.4 Å². The van der Waals surface area contributed by atoms with Gasteiger partial charge in [-0.15, -0.1) is 12.4 Å². The van der Waals surface area contributed by atoms with Crippen LogP contribution in [0, 0.1) is 0 Å². The fraction of sp³-hybridized carbons (Fsp3) is 0.333. The zero-order chi connectivity index (χ0) is 8.85. The normalized spacial score (nSPS) is 7.83. The minimum absolute atomic E-state index is 0. The molecule has 0 rings (SSSR count). The van der Waals surface area contributed by atoms with Crippen molar-refractivity contribution in [2.24, 2.45) is 5.84 Å². The number of hydrogen-bond donors (Lipinski definition) is 3. The van der Waals surface area contributed by atoms with E-state index in [1.54, 1.807) is 6.92 Å². The lowest BCUT2D eigenvalue weighted by Crippen LogP contribution is -2.40. The van der Waals surface area contributed by atoms with Crippen molar-refractivity contribution >= 4 is 24.2 Å². The number of hydrogen-bond acceptors (Lipinski definition) is 3. The molecule has 4 N–H and O–H groups in total. The Balaban J connectivity index is 0. The molecule has 5 nitrogen and oxygen atoms in total. The Morgan fingerprint density at radius 3 is 2.33 bits per heavy atom. The minimum atomic E-state index is -0.445. The van der Waals surface area contributed by atoms with E-state index in [9.17, 15) is 9.59 Å². The number of rotatable bonds is 3. The molecule has 0 heterocycles. The van der Waals surface area contributed by atoms with E-state index in [0.717, 1.165) is 0 Å². The van der Waals surface area contributed by atoms with Crippen molar-refractivity contribution in [2.45, 2.75) is 6.92 Å². The van der Waals surface area contributed by atoms with E-state index in [2.05, 4.69) is 11.9 Å². The first-order valence-electron chi connectivity index (χ1n) is 3.01. The van der Waals surface area contributed by atoms with Gasteiger partial charge in [-0.1, -0.05) is 6.58 Å². The monoisotopic (exact) mass is 193 g/mol. The van der Waals surface area contributed by atoms with Gasteiger partial charge in [0.2, 0.25) is 5.91 Å². The van der Waals surface area contributed by atoms with Gasteiger partial charge in [-0.25, -0.2) is 5.84 Å². The van der Waals surface area contributed by atoms with Crippen molar-refractivity contribution in [1.82, 2.24) is 10.7 Å². The molecule has 0 atom stereocenters. The summed E-state index contributed by atoms with van der Waals surface area (Å²) in [6.07, 6.45) is 0. The van der Waals surface area contributed by atoms with Crippen molar-refractivity contribution in [3.63, 3.8) is 0 Å². The zero-order valence-corrected chi connectivity index (χ0v) is 7.53. The molecule has 0 saturated heterocycles. The van der Waals surface area contributed by atoms with E-state index in [1.165, 1.54) is 0 Å². The highest BCUT2D eigenvalue weighted by Gasteiger charge is 2.02. The number of amides is 2. The molecule has 12 heavy (non-hydrogen) atoms. The largest absolute Gasteiger partial charge is 0.343 e. The Kier molecular flexibility index (Phi) is 7.47. The van der Waals surface area contributed by atoms with Gasteiger partial charge in [0, 0.05) is 5.57 Å². The number of carbonyl (C=O) groups is 2. The fourth-order valence-corrected chi connectivity index (χ4v) is 0.362. The molecule has 0 saturated carbocycles. The van der Waals surface area contributed by atoms with E-state index < -0.39 is 5.91 Å². The van der Waals surface area contributed by atoms with Crippen LogP contribution in [0.1, 0.15) is 6.92 Å². The fourth-order valence-electron chi connectivity index (χ4n) is 0.362. The number of nitrogens with two attached hydrogens (primary N) is 1. The first-order chi connectivity index (χ1) is 5.07. The molecule has 0 spiro atoms. The van der Waals surface area contributed by atoms with Crippen molar-refractivity contribution in [2.75, 3.05) is 6.54 Å². The molecule has 0 fully saturated rings. The van der Waals surface area contributed by atoms with Crippen LogP contribution in [0.3, 0.4) is 0 Å². The maximum Gasteiger partial charge on any atom is 0.253 e. The maximum absolute atomic E-state index is 10.7. The lowest BCUT2D eigenvalue weighted by Gasteiger charge is -2.01. The Labute approximate surface area is 76.8 Å². The van der Waals surface area contributed by atoms with Crippen LogP contribution in [0.15, 0.2) is 12.2 Å². The van der Waals surface area contributed by atoms with Gasteiger partial charge in [-0.2, -0.15) is 0 Å². The summed E-state index contributed by atoms with van der Waals surface area (Å²) in [6.45, 7) is 4.81. The van der Waals surface area contributed by atoms with Crippen LogP contribution in [0.5, 0.6) is 0 Å². The third-order valence-electron chi connectivity index (χ3n) is 0.958. The Bertz CT molecular complexity index is 193. The molecule has 0 radical (unpaired) electrons. The first-order valence-corrected chi connectivity index (χ1v) is 3.01. The summed E-state index contributed by atoms with van der Waals surface area (Å²) < 4.78 is 0. The molecular formula is C6H12ClN3O2. The Morgan fingerprint density at radius 1 is 1.50 bits per heavy atom. The van der Waals surface area contributed by atoms with Gasteiger partial charge >= 0.3 is 0 Å². The summed E-state index contributed by atoms with van der Waals surface area (Å²) >= 11 is 0. The number of halogens is 1. The van der Waals surface area contributed by atoms with Crippen molar-refractivity contribution in [3.05, 3.63) is 12.2 Å². The molecule has 6 heteroatoms. The first kappa shape index (κ1) is 13.5. The molecule has 0 aliphatic rings. The van der Waals surface area contributed by atoms with E-state index in [1.807, 2.05) is 5.43 Å². The van der Waals surface area contributed by atoms with E-state index in [-0.39, 0.29) is 24.9 Å². The molecule has 0 aromatic heterocycles. The number of hydrazine groups is 1. The van der Waals surface area contributed by atoms with Crippen LogP contribution in [0.2, 0.25) is 0 Å². The number of carbonyl (C=O) groups excluding carboxylic acids is 2. The summed E-state index contributed by atoms with van der Waals surface area (Å²) in [5.41, 5.74) is 2.23. The summed E-state index contributed by atoms with van der Waals surface area (Å²) in [4.78, 5) is 21.2. The topological polar surface area (TPSA) is 84.2 Å². The third kappa shape index (κ3) is 5.70. The molecular weight excluding hydrogens is 182 g/mol. The Morgan fingerprint density at radius 2 is 2.00 bits per heavy atom. The maximum atomic E-state index is 10.7. The summed E-state index contributed by atoms with van der Waals surface area (Å²) in [5.74, 6) is 3.96. The lowest BCUT2D eigenvalue weighted by atomic mass is 10.3. The van der Waals surface area contributed by atoms with Gasteiger partial charge in [0.05, 0.1) is 6.54 Å². The second-order valence-corrected chi connectivity index (χ2v) is 2.03. The van der Waals surface area contributed by atoms with Gasteiger partial charge in [0.15, 0.2) is 0 Å². The second kappa shape index (κ2) is 6.63. The van der Waals surface area contributed by atoms with Crippen LogP contribution in [-0.4, -0.2) is 18.4 Å². The zero-order valence-electron chi connectivity index (χ0n) is 6.72. The van der Waals surface area contributed by atoms with Gasteiger partial charge < -0.3 is 5.32 Å². The highest BCUT2D eigenvalue weighted by Crippen LogP contribution is 1.83. The van der Waals surface area contributed by atoms with Crippen molar-refractivity contribution in [3.8, 4) is 0 Å². The average Bonchev–Trinajstić information content (AvgIpc) is 1.99. The molecule has 2 amide bonds. The van der Waals surface area contributed by atoms with E-state index in [4.69, 9.17) is 5.84 Å². The van der Waals surface area contributed by atoms with Crippen LogP contribution < -0.4 is 16.6 Å². The predicted octanol–water partition coefficient (Wildman–Crippen LogP) is -0.910. The SMILES string of the molecule is C=C(C)C(=O)NCC(=O)NN.Cl. The van der Waals surface area contributed by atoms with E-state index in [0.29, 0.717) is 5.57 Å². The summed E-state index contributed by atoms with van der Waals surface area (Å²) in [7, 11) is 0. The molecule has 0 unspecified atom stereocenters. The van der Waals surface area contributed by atoms with Crippen LogP contribution in [-0.2, 0) is 9.59 Å². The molecule has 0 aliphatic heterocycles. The Hall–Kier alpha value is -1.07. The molecule has 0 aromatic carbocycles. The molecule has 0 aromatic rings. The number of nitrogens with one attached hydrogen (secondary N) is 2. The molecule has 70 valence electrons. The van der Waals surface area contributed by atoms with E-state index >= 15 is 0 Å². The quantitative estimate of drug-likeness (QED) is 0.235. The average molecular weight is 194 g/mol. The highest BCUT2D eigenvalue weighted by atomic mass is 35.5. The standard InChI is InChI=1S/C6H11N3O2.ClH/c1-4(2)6(11)8-3-5(10)9-7;/h1,3,7H2,2H3,(H,8,11)(H,9,10);1H. The van der Waals surface area contributed by atoms with Gasteiger partial charge in [0.25, 0.3) is 5.91 Å². The van der Waals surface area contributed by atoms with Gasteiger partial charge in [0.1, 0.15) is 0 Å². The smallest absolute Gasteiger partial charge is 0.253 e.